The summed E-state index contributed by atoms with van der Waals surface area (Å²) in [4.78, 5) is 12.0. The van der Waals surface area contributed by atoms with Crippen LogP contribution in [0.5, 0.6) is 0 Å². The van der Waals surface area contributed by atoms with Crippen molar-refractivity contribution in [2.24, 2.45) is 0 Å². The van der Waals surface area contributed by atoms with Gasteiger partial charge in [-0.05, 0) is 54.0 Å². The number of carbonyl (C=O) groups is 1. The van der Waals surface area contributed by atoms with Gasteiger partial charge >= 0.3 is 0 Å². The van der Waals surface area contributed by atoms with E-state index < -0.39 is 0 Å². The van der Waals surface area contributed by atoms with Crippen molar-refractivity contribution in [3.8, 4) is 11.1 Å². The van der Waals surface area contributed by atoms with Gasteiger partial charge in [-0.25, -0.2) is 0 Å². The monoisotopic (exact) mass is 280 g/mol. The Hall–Kier alpha value is -1.89. The maximum atomic E-state index is 12.0. The molecule has 21 heavy (non-hydrogen) atoms. The van der Waals surface area contributed by atoms with Crippen molar-refractivity contribution >= 4 is 5.78 Å². The SMILES string of the molecule is CCc1cc(CC)c(-c2ccccc2C(C)=O)c(CC)c1. The molecule has 0 spiro atoms. The fraction of sp³-hybridized carbons (Fsp3) is 0.350. The van der Waals surface area contributed by atoms with Crippen LogP contribution in [-0.4, -0.2) is 5.78 Å². The van der Waals surface area contributed by atoms with Gasteiger partial charge in [0, 0.05) is 5.56 Å². The average Bonchev–Trinajstić information content (AvgIpc) is 2.53. The maximum absolute atomic E-state index is 12.0. The lowest BCUT2D eigenvalue weighted by atomic mass is 9.86. The molecule has 0 aliphatic carbocycles. The molecule has 2 aromatic carbocycles. The van der Waals surface area contributed by atoms with E-state index in [1.807, 2.05) is 18.2 Å². The van der Waals surface area contributed by atoms with E-state index in [0.29, 0.717) is 0 Å². The zero-order valence-corrected chi connectivity index (χ0v) is 13.5. The van der Waals surface area contributed by atoms with Crippen LogP contribution in [0.1, 0.15) is 54.7 Å². The fourth-order valence-electron chi connectivity index (χ4n) is 2.96. The Bertz CT molecular complexity index is 628. The Kier molecular flexibility index (Phi) is 4.95. The van der Waals surface area contributed by atoms with E-state index in [2.05, 4.69) is 39.0 Å². The molecule has 0 N–H and O–H groups in total. The molecule has 0 amide bonds. The number of rotatable bonds is 5. The number of aryl methyl sites for hydroxylation is 3. The van der Waals surface area contributed by atoms with Crippen molar-refractivity contribution < 1.29 is 4.79 Å². The normalized spacial score (nSPS) is 10.7. The summed E-state index contributed by atoms with van der Waals surface area (Å²) >= 11 is 0. The number of carbonyl (C=O) groups excluding carboxylic acids is 1. The van der Waals surface area contributed by atoms with Crippen LogP contribution < -0.4 is 0 Å². The van der Waals surface area contributed by atoms with E-state index in [4.69, 9.17) is 0 Å². The predicted molar refractivity (Wildman–Crippen MR) is 90.0 cm³/mol. The molecule has 0 aliphatic heterocycles. The first-order valence-electron chi connectivity index (χ1n) is 7.87. The van der Waals surface area contributed by atoms with Gasteiger partial charge in [0.25, 0.3) is 0 Å². The number of hydrogen-bond acceptors (Lipinski definition) is 1. The van der Waals surface area contributed by atoms with Crippen LogP contribution in [0.4, 0.5) is 0 Å². The van der Waals surface area contributed by atoms with E-state index in [9.17, 15) is 4.79 Å². The lowest BCUT2D eigenvalue weighted by molar-refractivity contribution is 0.101. The summed E-state index contributed by atoms with van der Waals surface area (Å²) in [5, 5.41) is 0. The zero-order valence-electron chi connectivity index (χ0n) is 13.5. The van der Waals surface area contributed by atoms with Crippen molar-refractivity contribution in [3.05, 3.63) is 58.7 Å². The third-order valence-corrected chi connectivity index (χ3v) is 4.11. The van der Waals surface area contributed by atoms with Gasteiger partial charge in [0.2, 0.25) is 0 Å². The van der Waals surface area contributed by atoms with Gasteiger partial charge in [0.1, 0.15) is 0 Å². The first-order valence-corrected chi connectivity index (χ1v) is 7.87. The smallest absolute Gasteiger partial charge is 0.160 e. The molecule has 2 rings (SSSR count). The highest BCUT2D eigenvalue weighted by molar-refractivity contribution is 6.01. The molecule has 0 aliphatic rings. The summed E-state index contributed by atoms with van der Waals surface area (Å²) in [6, 6.07) is 12.6. The molecule has 2 aromatic rings. The van der Waals surface area contributed by atoms with Gasteiger partial charge in [0.05, 0.1) is 0 Å². The molecule has 0 saturated carbocycles. The Morgan fingerprint density at radius 1 is 0.905 bits per heavy atom. The second-order valence-electron chi connectivity index (χ2n) is 5.45. The molecule has 1 nitrogen and oxygen atoms in total. The zero-order chi connectivity index (χ0) is 15.4. The topological polar surface area (TPSA) is 17.1 Å². The van der Waals surface area contributed by atoms with Crippen molar-refractivity contribution in [2.45, 2.75) is 47.0 Å². The molecule has 0 bridgehead atoms. The molecule has 0 unspecified atom stereocenters. The summed E-state index contributed by atoms with van der Waals surface area (Å²) in [7, 11) is 0. The lowest BCUT2D eigenvalue weighted by Crippen LogP contribution is -2.02. The van der Waals surface area contributed by atoms with Crippen molar-refractivity contribution in [1.82, 2.24) is 0 Å². The van der Waals surface area contributed by atoms with Gasteiger partial charge in [-0.2, -0.15) is 0 Å². The number of ketones is 1. The second kappa shape index (κ2) is 6.71. The minimum atomic E-state index is 0.134. The Labute approximate surface area is 128 Å². The minimum Gasteiger partial charge on any atom is -0.294 e. The molecule has 0 fully saturated rings. The quantitative estimate of drug-likeness (QED) is 0.684. The number of Topliss-reactive ketones (excluding diaryl/α,β-unsaturated/α-hetero) is 1. The summed E-state index contributed by atoms with van der Waals surface area (Å²) in [5.74, 6) is 0.134. The van der Waals surface area contributed by atoms with E-state index in [1.165, 1.54) is 22.3 Å². The van der Waals surface area contributed by atoms with Crippen LogP contribution in [0.15, 0.2) is 36.4 Å². The maximum Gasteiger partial charge on any atom is 0.160 e. The third-order valence-electron chi connectivity index (χ3n) is 4.11. The molecule has 1 heteroatoms. The molecule has 0 heterocycles. The van der Waals surface area contributed by atoms with Gasteiger partial charge in [0.15, 0.2) is 5.78 Å². The fourth-order valence-corrected chi connectivity index (χ4v) is 2.96. The largest absolute Gasteiger partial charge is 0.294 e. The van der Waals surface area contributed by atoms with E-state index in [0.717, 1.165) is 30.4 Å². The minimum absolute atomic E-state index is 0.134. The number of benzene rings is 2. The van der Waals surface area contributed by atoms with Gasteiger partial charge in [-0.1, -0.05) is 57.2 Å². The van der Waals surface area contributed by atoms with Crippen LogP contribution in [0, 0.1) is 0 Å². The summed E-state index contributed by atoms with van der Waals surface area (Å²) in [5.41, 5.74) is 7.25. The lowest BCUT2D eigenvalue weighted by Gasteiger charge is -2.18. The van der Waals surface area contributed by atoms with Gasteiger partial charge < -0.3 is 0 Å². The molecular weight excluding hydrogens is 256 g/mol. The van der Waals surface area contributed by atoms with Gasteiger partial charge in [-0.15, -0.1) is 0 Å². The highest BCUT2D eigenvalue weighted by Crippen LogP contribution is 2.33. The van der Waals surface area contributed by atoms with Crippen LogP contribution in [0.25, 0.3) is 11.1 Å². The van der Waals surface area contributed by atoms with Crippen LogP contribution in [0.3, 0.4) is 0 Å². The van der Waals surface area contributed by atoms with E-state index in [1.54, 1.807) is 6.92 Å². The van der Waals surface area contributed by atoms with E-state index >= 15 is 0 Å². The first-order chi connectivity index (χ1) is 10.1. The van der Waals surface area contributed by atoms with Gasteiger partial charge in [-0.3, -0.25) is 4.79 Å². The predicted octanol–water partition coefficient (Wildman–Crippen LogP) is 5.24. The molecule has 110 valence electrons. The van der Waals surface area contributed by atoms with Crippen molar-refractivity contribution in [1.29, 1.82) is 0 Å². The average molecular weight is 280 g/mol. The summed E-state index contributed by atoms with van der Waals surface area (Å²) in [6.45, 7) is 8.22. The van der Waals surface area contributed by atoms with E-state index in [-0.39, 0.29) is 5.78 Å². The Morgan fingerprint density at radius 2 is 1.48 bits per heavy atom. The molecule has 0 radical (unpaired) electrons. The molecular formula is C20H24O. The van der Waals surface area contributed by atoms with Crippen molar-refractivity contribution in [3.63, 3.8) is 0 Å². The van der Waals surface area contributed by atoms with Crippen LogP contribution in [0.2, 0.25) is 0 Å². The van der Waals surface area contributed by atoms with Crippen LogP contribution >= 0.6 is 0 Å². The van der Waals surface area contributed by atoms with Crippen LogP contribution in [-0.2, 0) is 19.3 Å². The highest BCUT2D eigenvalue weighted by Gasteiger charge is 2.15. The third kappa shape index (κ3) is 3.07. The standard InChI is InChI=1S/C20H24O/c1-5-15-12-16(6-2)20(17(7-3)13-15)19-11-9-8-10-18(19)14(4)21/h8-13H,5-7H2,1-4H3. The second-order valence-corrected chi connectivity index (χ2v) is 5.45. The molecule has 0 aromatic heterocycles. The first kappa shape index (κ1) is 15.5. The Morgan fingerprint density at radius 3 is 1.95 bits per heavy atom. The Balaban J connectivity index is 2.76. The molecule has 0 atom stereocenters. The summed E-state index contributed by atoms with van der Waals surface area (Å²) in [6.07, 6.45) is 3.03. The molecule has 0 saturated heterocycles. The van der Waals surface area contributed by atoms with Crippen molar-refractivity contribution in [2.75, 3.05) is 0 Å². The number of hydrogen-bond donors (Lipinski definition) is 0. The summed E-state index contributed by atoms with van der Waals surface area (Å²) < 4.78 is 0. The highest BCUT2D eigenvalue weighted by atomic mass is 16.1.